The number of hydrogen-bond donors (Lipinski definition) is 1. The summed E-state index contributed by atoms with van der Waals surface area (Å²) in [5.41, 5.74) is 2.25. The topological polar surface area (TPSA) is 12.0 Å². The highest BCUT2D eigenvalue weighted by Crippen LogP contribution is 2.16. The summed E-state index contributed by atoms with van der Waals surface area (Å²) in [6.07, 6.45) is 2.87. The molecule has 70 valence electrons. The van der Waals surface area contributed by atoms with E-state index in [0.717, 1.165) is 12.0 Å². The van der Waals surface area contributed by atoms with E-state index in [4.69, 9.17) is 0 Å². The highest BCUT2D eigenvalue weighted by Gasteiger charge is 1.98. The average molecular weight is 179 g/mol. The molecule has 0 aliphatic carbocycles. The molecule has 0 heterocycles. The summed E-state index contributed by atoms with van der Waals surface area (Å²) in [5, 5.41) is 2.98. The molecular formula is C11H14FN. The lowest BCUT2D eigenvalue weighted by Crippen LogP contribution is -1.95. The van der Waals surface area contributed by atoms with E-state index in [-0.39, 0.29) is 5.82 Å². The molecule has 1 N–H and O–H groups in total. The van der Waals surface area contributed by atoms with E-state index in [9.17, 15) is 4.39 Å². The highest BCUT2D eigenvalue weighted by atomic mass is 19.1. The molecule has 13 heavy (non-hydrogen) atoms. The van der Waals surface area contributed by atoms with Gasteiger partial charge in [0.15, 0.2) is 0 Å². The van der Waals surface area contributed by atoms with Gasteiger partial charge in [0.2, 0.25) is 0 Å². The van der Waals surface area contributed by atoms with Crippen molar-refractivity contribution >= 4 is 5.57 Å². The second kappa shape index (κ2) is 4.65. The van der Waals surface area contributed by atoms with Crippen LogP contribution in [0.3, 0.4) is 0 Å². The summed E-state index contributed by atoms with van der Waals surface area (Å²) in [6, 6.07) is 6.55. The van der Waals surface area contributed by atoms with Crippen molar-refractivity contribution in [3.05, 3.63) is 41.8 Å². The third-order valence-electron chi connectivity index (χ3n) is 1.91. The smallest absolute Gasteiger partial charge is 0.123 e. The molecule has 0 fully saturated rings. The minimum absolute atomic E-state index is 0.191. The van der Waals surface area contributed by atoms with Crippen LogP contribution in [0.5, 0.6) is 0 Å². The summed E-state index contributed by atoms with van der Waals surface area (Å²) in [6.45, 7) is 2.08. The van der Waals surface area contributed by atoms with E-state index in [2.05, 4.69) is 12.2 Å². The Morgan fingerprint density at radius 1 is 1.38 bits per heavy atom. The number of nitrogens with one attached hydrogen (secondary N) is 1. The normalized spacial score (nSPS) is 11.5. The molecule has 0 saturated heterocycles. The third kappa shape index (κ3) is 2.58. The minimum Gasteiger partial charge on any atom is -0.394 e. The van der Waals surface area contributed by atoms with Crippen LogP contribution in [-0.4, -0.2) is 7.05 Å². The Labute approximate surface area is 78.3 Å². The molecule has 1 aromatic carbocycles. The van der Waals surface area contributed by atoms with Gasteiger partial charge in [0.1, 0.15) is 5.82 Å². The average Bonchev–Trinajstić information content (AvgIpc) is 2.16. The molecule has 0 amide bonds. The first kappa shape index (κ1) is 9.78. The van der Waals surface area contributed by atoms with Crippen LogP contribution in [0.25, 0.3) is 5.57 Å². The van der Waals surface area contributed by atoms with Crippen molar-refractivity contribution in [2.24, 2.45) is 0 Å². The van der Waals surface area contributed by atoms with Gasteiger partial charge in [-0.25, -0.2) is 4.39 Å². The standard InChI is InChI=1S/C11H14FN/c1-3-9(8-13-2)10-4-6-11(12)7-5-10/h4-8,13H,3H2,1-2H3/b9-8-. The molecule has 0 unspecified atom stereocenters. The zero-order valence-electron chi connectivity index (χ0n) is 7.97. The van der Waals surface area contributed by atoms with Crippen molar-refractivity contribution in [1.82, 2.24) is 5.32 Å². The fourth-order valence-electron chi connectivity index (χ4n) is 1.23. The van der Waals surface area contributed by atoms with Crippen LogP contribution in [0, 0.1) is 5.82 Å². The Bertz CT molecular complexity index is 287. The quantitative estimate of drug-likeness (QED) is 0.752. The first-order chi connectivity index (χ1) is 6.27. The molecule has 2 heteroatoms. The van der Waals surface area contributed by atoms with Crippen molar-refractivity contribution in [2.75, 3.05) is 7.05 Å². The number of rotatable bonds is 3. The van der Waals surface area contributed by atoms with Crippen molar-refractivity contribution in [2.45, 2.75) is 13.3 Å². The molecular weight excluding hydrogens is 165 g/mol. The van der Waals surface area contributed by atoms with Crippen LogP contribution in [0.1, 0.15) is 18.9 Å². The molecule has 0 saturated carbocycles. The highest BCUT2D eigenvalue weighted by molar-refractivity contribution is 5.64. The summed E-state index contributed by atoms with van der Waals surface area (Å²) in [4.78, 5) is 0. The van der Waals surface area contributed by atoms with Crippen molar-refractivity contribution < 1.29 is 4.39 Å². The van der Waals surface area contributed by atoms with Gasteiger partial charge >= 0.3 is 0 Å². The fourth-order valence-corrected chi connectivity index (χ4v) is 1.23. The lowest BCUT2D eigenvalue weighted by molar-refractivity contribution is 0.627. The Morgan fingerprint density at radius 2 is 2.00 bits per heavy atom. The second-order valence-corrected chi connectivity index (χ2v) is 2.82. The van der Waals surface area contributed by atoms with Crippen LogP contribution in [0.2, 0.25) is 0 Å². The molecule has 0 radical (unpaired) electrons. The third-order valence-corrected chi connectivity index (χ3v) is 1.91. The molecule has 0 bridgehead atoms. The van der Waals surface area contributed by atoms with Gasteiger partial charge < -0.3 is 5.32 Å². The minimum atomic E-state index is -0.191. The van der Waals surface area contributed by atoms with Gasteiger partial charge in [0.05, 0.1) is 0 Å². The monoisotopic (exact) mass is 179 g/mol. The number of benzene rings is 1. The molecule has 1 aromatic rings. The fraction of sp³-hybridized carbons (Fsp3) is 0.273. The van der Waals surface area contributed by atoms with Gasteiger partial charge in [-0.1, -0.05) is 19.1 Å². The Kier molecular flexibility index (Phi) is 3.50. The van der Waals surface area contributed by atoms with E-state index < -0.39 is 0 Å². The molecule has 1 rings (SSSR count). The van der Waals surface area contributed by atoms with E-state index in [1.165, 1.54) is 17.7 Å². The lowest BCUT2D eigenvalue weighted by atomic mass is 10.1. The SMILES string of the molecule is CC/C(=C/NC)c1ccc(F)cc1. The van der Waals surface area contributed by atoms with Crippen molar-refractivity contribution in [3.8, 4) is 0 Å². The molecule has 0 aliphatic heterocycles. The summed E-state index contributed by atoms with van der Waals surface area (Å²) < 4.78 is 12.6. The summed E-state index contributed by atoms with van der Waals surface area (Å²) >= 11 is 0. The molecule has 0 spiro atoms. The van der Waals surface area contributed by atoms with Crippen LogP contribution in [-0.2, 0) is 0 Å². The zero-order valence-corrected chi connectivity index (χ0v) is 7.97. The van der Waals surface area contributed by atoms with E-state index in [1.807, 2.05) is 13.2 Å². The van der Waals surface area contributed by atoms with Gasteiger partial charge in [-0.05, 0) is 35.9 Å². The first-order valence-corrected chi connectivity index (χ1v) is 4.40. The molecule has 0 atom stereocenters. The van der Waals surface area contributed by atoms with Crippen LogP contribution in [0.4, 0.5) is 4.39 Å². The molecule has 1 nitrogen and oxygen atoms in total. The Hall–Kier alpha value is -1.31. The van der Waals surface area contributed by atoms with Gasteiger partial charge in [0, 0.05) is 7.05 Å². The van der Waals surface area contributed by atoms with E-state index in [1.54, 1.807) is 12.1 Å². The predicted octanol–water partition coefficient (Wildman–Crippen LogP) is 2.80. The maximum atomic E-state index is 12.6. The summed E-state index contributed by atoms with van der Waals surface area (Å²) in [7, 11) is 1.86. The van der Waals surface area contributed by atoms with E-state index >= 15 is 0 Å². The van der Waals surface area contributed by atoms with Gasteiger partial charge in [-0.15, -0.1) is 0 Å². The van der Waals surface area contributed by atoms with Gasteiger partial charge in [-0.3, -0.25) is 0 Å². The van der Waals surface area contributed by atoms with Crippen molar-refractivity contribution in [1.29, 1.82) is 0 Å². The van der Waals surface area contributed by atoms with Crippen LogP contribution < -0.4 is 5.32 Å². The lowest BCUT2D eigenvalue weighted by Gasteiger charge is -2.04. The number of hydrogen-bond acceptors (Lipinski definition) is 1. The maximum Gasteiger partial charge on any atom is 0.123 e. The number of halogens is 1. The zero-order chi connectivity index (χ0) is 9.68. The Balaban J connectivity index is 2.92. The van der Waals surface area contributed by atoms with E-state index in [0.29, 0.717) is 0 Å². The largest absolute Gasteiger partial charge is 0.394 e. The Morgan fingerprint density at radius 3 is 2.46 bits per heavy atom. The maximum absolute atomic E-state index is 12.6. The molecule has 0 aromatic heterocycles. The van der Waals surface area contributed by atoms with Gasteiger partial charge in [-0.2, -0.15) is 0 Å². The van der Waals surface area contributed by atoms with Gasteiger partial charge in [0.25, 0.3) is 0 Å². The van der Waals surface area contributed by atoms with Crippen LogP contribution in [0.15, 0.2) is 30.5 Å². The number of allylic oxidation sites excluding steroid dienone is 1. The first-order valence-electron chi connectivity index (χ1n) is 4.40. The summed E-state index contributed by atoms with van der Waals surface area (Å²) in [5.74, 6) is -0.191. The second-order valence-electron chi connectivity index (χ2n) is 2.82. The molecule has 0 aliphatic rings. The van der Waals surface area contributed by atoms with Crippen LogP contribution >= 0.6 is 0 Å². The predicted molar refractivity (Wildman–Crippen MR) is 53.7 cm³/mol. The van der Waals surface area contributed by atoms with Crippen molar-refractivity contribution in [3.63, 3.8) is 0 Å².